The minimum atomic E-state index is -0.590. The van der Waals surface area contributed by atoms with Crippen molar-refractivity contribution in [2.24, 2.45) is 0 Å². The Balaban J connectivity index is 3.36. The fraction of sp³-hybridized carbons (Fsp3) is 1.00. The molecule has 0 N–H and O–H groups in total. The normalized spacial score (nSPS) is 12.0. The molecule has 0 aromatic heterocycles. The Morgan fingerprint density at radius 3 is 1.43 bits per heavy atom. The van der Waals surface area contributed by atoms with E-state index < -0.39 is 5.79 Å². The molecule has 0 spiro atoms. The van der Waals surface area contributed by atoms with Crippen LogP contribution in [0, 0.1) is 0 Å². The molecule has 0 unspecified atom stereocenters. The minimum Gasteiger partial charge on any atom is -0.393 e. The molecule has 2 nitrogen and oxygen atoms in total. The van der Waals surface area contributed by atoms with Crippen molar-refractivity contribution in [2.45, 2.75) is 19.6 Å². The zero-order valence-corrected chi connectivity index (χ0v) is 6.32. The van der Waals surface area contributed by atoms with E-state index in [1.807, 2.05) is 0 Å². The van der Waals surface area contributed by atoms with E-state index in [-0.39, 0.29) is 0 Å². The first kappa shape index (κ1) is 7.35. The molecule has 0 bridgehead atoms. The molecule has 0 saturated heterocycles. The van der Waals surface area contributed by atoms with Crippen LogP contribution in [0.25, 0.3) is 0 Å². The molecule has 0 aliphatic rings. The lowest BCUT2D eigenvalue weighted by Crippen LogP contribution is -2.25. The molecule has 0 aromatic carbocycles. The Morgan fingerprint density at radius 1 is 1.14 bits per heavy atom. The van der Waals surface area contributed by atoms with Crippen molar-refractivity contribution < 1.29 is 8.85 Å². The Kier molecular flexibility index (Phi) is 2.74. The fourth-order valence-corrected chi connectivity index (χ4v) is 0.188. The van der Waals surface area contributed by atoms with E-state index >= 15 is 0 Å². The zero-order valence-electron chi connectivity index (χ0n) is 4.32. The Hall–Kier alpha value is 0.354. The number of rotatable bonds is 2. The van der Waals surface area contributed by atoms with Crippen LogP contribution in [0.5, 0.6) is 0 Å². The van der Waals surface area contributed by atoms with E-state index in [9.17, 15) is 0 Å². The summed E-state index contributed by atoms with van der Waals surface area (Å²) in [5.74, 6) is -0.590. The van der Waals surface area contributed by atoms with E-state index in [1.54, 1.807) is 13.8 Å². The van der Waals surface area contributed by atoms with Crippen LogP contribution in [0.1, 0.15) is 13.8 Å². The average molecular weight is 130 g/mol. The lowest BCUT2D eigenvalue weighted by molar-refractivity contribution is -0.0715. The van der Waals surface area contributed by atoms with Crippen LogP contribution in [-0.4, -0.2) is 26.8 Å². The zero-order chi connectivity index (χ0) is 5.91. The fourth-order valence-electron chi connectivity index (χ4n) is 0.0208. The van der Waals surface area contributed by atoms with E-state index in [2.05, 4.69) is 29.8 Å². The van der Waals surface area contributed by atoms with Crippen LogP contribution in [-0.2, 0) is 8.85 Å². The molecular formula is C3H6O2Si2. The molecule has 0 saturated carbocycles. The summed E-state index contributed by atoms with van der Waals surface area (Å²) in [6, 6.07) is 0. The summed E-state index contributed by atoms with van der Waals surface area (Å²) in [6.07, 6.45) is 0. The third-order valence-electron chi connectivity index (χ3n) is 0.492. The van der Waals surface area contributed by atoms with Gasteiger partial charge in [0.1, 0.15) is 5.79 Å². The molecule has 0 aliphatic heterocycles. The molecular weight excluding hydrogens is 124 g/mol. The topological polar surface area (TPSA) is 18.5 Å². The van der Waals surface area contributed by atoms with Gasteiger partial charge in [-0.3, -0.25) is 0 Å². The van der Waals surface area contributed by atoms with E-state index in [0.29, 0.717) is 0 Å². The standard InChI is InChI=1S/C3H6O2Si2/c1-3(2,4-6)5-7/h1-2H3. The van der Waals surface area contributed by atoms with Crippen molar-refractivity contribution in [1.82, 2.24) is 0 Å². The van der Waals surface area contributed by atoms with E-state index in [0.717, 1.165) is 0 Å². The first-order chi connectivity index (χ1) is 3.12. The van der Waals surface area contributed by atoms with Crippen molar-refractivity contribution in [1.29, 1.82) is 0 Å². The molecule has 0 atom stereocenters. The highest BCUT2D eigenvalue weighted by Crippen LogP contribution is 2.04. The smallest absolute Gasteiger partial charge is 0.250 e. The van der Waals surface area contributed by atoms with Gasteiger partial charge in [-0.15, -0.1) is 0 Å². The first-order valence-corrected chi connectivity index (χ1v) is 2.63. The van der Waals surface area contributed by atoms with E-state index in [4.69, 9.17) is 0 Å². The summed E-state index contributed by atoms with van der Waals surface area (Å²) in [7, 11) is 5.64. The maximum Gasteiger partial charge on any atom is 0.250 e. The molecule has 6 radical (unpaired) electrons. The second-order valence-corrected chi connectivity index (χ2v) is 2.01. The highest BCUT2D eigenvalue weighted by molar-refractivity contribution is 6.00. The second-order valence-electron chi connectivity index (χ2n) is 1.60. The van der Waals surface area contributed by atoms with Crippen molar-refractivity contribution in [3.63, 3.8) is 0 Å². The molecule has 38 valence electrons. The highest BCUT2D eigenvalue weighted by atomic mass is 28.2. The maximum absolute atomic E-state index is 4.62. The van der Waals surface area contributed by atoms with Crippen molar-refractivity contribution in [3.05, 3.63) is 0 Å². The summed E-state index contributed by atoms with van der Waals surface area (Å²) < 4.78 is 9.24. The largest absolute Gasteiger partial charge is 0.393 e. The van der Waals surface area contributed by atoms with Gasteiger partial charge in [0.25, 0.3) is 0 Å². The molecule has 0 aromatic rings. The van der Waals surface area contributed by atoms with Gasteiger partial charge in [0.15, 0.2) is 0 Å². The van der Waals surface area contributed by atoms with Gasteiger partial charge in [-0.2, -0.15) is 0 Å². The Labute approximate surface area is 50.3 Å². The predicted molar refractivity (Wildman–Crippen MR) is 27.8 cm³/mol. The van der Waals surface area contributed by atoms with Gasteiger partial charge in [0.2, 0.25) is 21.0 Å². The maximum atomic E-state index is 4.62. The van der Waals surface area contributed by atoms with Crippen LogP contribution in [0.15, 0.2) is 0 Å². The summed E-state index contributed by atoms with van der Waals surface area (Å²) in [5, 5.41) is 0. The lowest BCUT2D eigenvalue weighted by atomic mass is 10.4. The number of hydrogen-bond acceptors (Lipinski definition) is 2. The minimum absolute atomic E-state index is 0.590. The van der Waals surface area contributed by atoms with Crippen LogP contribution in [0.2, 0.25) is 0 Å². The van der Waals surface area contributed by atoms with Gasteiger partial charge in [-0.25, -0.2) is 0 Å². The summed E-state index contributed by atoms with van der Waals surface area (Å²) in [5.41, 5.74) is 0. The number of hydrogen-bond donors (Lipinski definition) is 0. The van der Waals surface area contributed by atoms with Gasteiger partial charge in [0.05, 0.1) is 0 Å². The van der Waals surface area contributed by atoms with Crippen LogP contribution in [0.4, 0.5) is 0 Å². The first-order valence-electron chi connectivity index (χ1n) is 1.82. The summed E-state index contributed by atoms with van der Waals surface area (Å²) >= 11 is 0. The molecule has 0 aliphatic carbocycles. The van der Waals surface area contributed by atoms with Gasteiger partial charge in [0, 0.05) is 0 Å². The molecule has 0 fully saturated rings. The van der Waals surface area contributed by atoms with Gasteiger partial charge >= 0.3 is 0 Å². The van der Waals surface area contributed by atoms with Crippen molar-refractivity contribution in [3.8, 4) is 0 Å². The van der Waals surface area contributed by atoms with Crippen LogP contribution in [0.3, 0.4) is 0 Å². The van der Waals surface area contributed by atoms with Crippen LogP contribution >= 0.6 is 0 Å². The second kappa shape index (κ2) is 2.61. The van der Waals surface area contributed by atoms with Gasteiger partial charge in [-0.05, 0) is 13.8 Å². The molecule has 4 heteroatoms. The highest BCUT2D eigenvalue weighted by Gasteiger charge is 2.11. The van der Waals surface area contributed by atoms with E-state index in [1.165, 1.54) is 0 Å². The third kappa shape index (κ3) is 2.98. The van der Waals surface area contributed by atoms with Gasteiger partial charge < -0.3 is 8.85 Å². The SMILES string of the molecule is CC(C)(O[Si])O[Si]. The lowest BCUT2D eigenvalue weighted by Gasteiger charge is -2.20. The average Bonchev–Trinajstić information content (AvgIpc) is 1.68. The van der Waals surface area contributed by atoms with Crippen molar-refractivity contribution >= 4 is 21.0 Å². The quantitative estimate of drug-likeness (QED) is 0.384. The monoisotopic (exact) mass is 130 g/mol. The van der Waals surface area contributed by atoms with Gasteiger partial charge in [-0.1, -0.05) is 0 Å². The summed E-state index contributed by atoms with van der Waals surface area (Å²) in [4.78, 5) is 0. The molecule has 0 rings (SSSR count). The Morgan fingerprint density at radius 2 is 1.43 bits per heavy atom. The molecule has 7 heavy (non-hydrogen) atoms. The predicted octanol–water partition coefficient (Wildman–Crippen LogP) is -0.0773. The summed E-state index contributed by atoms with van der Waals surface area (Å²) in [6.45, 7) is 3.51. The third-order valence-corrected chi connectivity index (χ3v) is 1.47. The molecule has 0 amide bonds. The molecule has 0 heterocycles. The Bertz CT molecular complexity index is 48.9. The van der Waals surface area contributed by atoms with Crippen LogP contribution < -0.4 is 0 Å². The van der Waals surface area contributed by atoms with Crippen molar-refractivity contribution in [2.75, 3.05) is 0 Å².